The van der Waals surface area contributed by atoms with Gasteiger partial charge in [-0.3, -0.25) is 0 Å². The normalized spacial score (nSPS) is 39.7. The Morgan fingerprint density at radius 1 is 1.53 bits per heavy atom. The molecule has 0 spiro atoms. The Morgan fingerprint density at radius 3 is 2.73 bits per heavy atom. The van der Waals surface area contributed by atoms with Gasteiger partial charge in [0.15, 0.2) is 0 Å². The van der Waals surface area contributed by atoms with E-state index in [0.29, 0.717) is 12.0 Å². The molecule has 0 unspecified atom stereocenters. The highest BCUT2D eigenvalue weighted by atomic mass is 16.6. The van der Waals surface area contributed by atoms with Gasteiger partial charge in [-0.25, -0.2) is 0 Å². The first-order chi connectivity index (χ1) is 7.02. The van der Waals surface area contributed by atoms with E-state index in [1.165, 1.54) is 18.6 Å². The van der Waals surface area contributed by atoms with Crippen LogP contribution in [0.1, 0.15) is 40.0 Å². The highest BCUT2D eigenvalue weighted by molar-refractivity contribution is 5.93. The summed E-state index contributed by atoms with van der Waals surface area (Å²) in [6.45, 7) is 11.2. The molecule has 2 nitrogen and oxygen atoms in total. The molecule has 2 heteroatoms. The summed E-state index contributed by atoms with van der Waals surface area (Å²) in [5.74, 6) is 0.800. The topological polar surface area (TPSA) is 21.6 Å². The second-order valence-electron chi connectivity index (χ2n) is 5.62. The van der Waals surface area contributed by atoms with Crippen LogP contribution in [0.25, 0.3) is 0 Å². The lowest BCUT2D eigenvalue weighted by Crippen LogP contribution is -2.32. The predicted molar refractivity (Wildman–Crippen MR) is 62.8 cm³/mol. The molecule has 2 rings (SSSR count). The van der Waals surface area contributed by atoms with Gasteiger partial charge in [0.05, 0.1) is 5.71 Å². The van der Waals surface area contributed by atoms with Crippen molar-refractivity contribution in [3.05, 3.63) is 12.7 Å². The predicted octanol–water partition coefficient (Wildman–Crippen LogP) is 3.39. The maximum atomic E-state index is 5.25. The molecule has 2 aliphatic carbocycles. The van der Waals surface area contributed by atoms with Crippen LogP contribution in [-0.2, 0) is 4.84 Å². The van der Waals surface area contributed by atoms with Gasteiger partial charge in [-0.05, 0) is 30.6 Å². The van der Waals surface area contributed by atoms with Crippen LogP contribution in [0.5, 0.6) is 0 Å². The molecule has 0 radical (unpaired) electrons. The van der Waals surface area contributed by atoms with Crippen LogP contribution in [0.2, 0.25) is 0 Å². The van der Waals surface area contributed by atoms with Crippen molar-refractivity contribution in [2.24, 2.45) is 21.9 Å². The molecule has 0 heterocycles. The Balaban J connectivity index is 2.18. The van der Waals surface area contributed by atoms with E-state index in [-0.39, 0.29) is 5.41 Å². The van der Waals surface area contributed by atoms with Crippen LogP contribution in [0.15, 0.2) is 17.8 Å². The van der Waals surface area contributed by atoms with Gasteiger partial charge in [0.25, 0.3) is 0 Å². The van der Waals surface area contributed by atoms with Crippen molar-refractivity contribution in [3.8, 4) is 0 Å². The lowest BCUT2D eigenvalue weighted by molar-refractivity contribution is 0.160. The third kappa shape index (κ3) is 1.34. The quantitative estimate of drug-likeness (QED) is 0.395. The third-order valence-corrected chi connectivity index (χ3v) is 4.88. The first kappa shape index (κ1) is 10.7. The average Bonchev–Trinajstić information content (AvgIpc) is 2.51. The largest absolute Gasteiger partial charge is 0.392 e. The Hall–Kier alpha value is -0.790. The van der Waals surface area contributed by atoms with Crippen molar-refractivity contribution >= 4 is 5.71 Å². The molecule has 84 valence electrons. The van der Waals surface area contributed by atoms with Crippen LogP contribution in [-0.4, -0.2) is 12.3 Å². The van der Waals surface area contributed by atoms with E-state index < -0.39 is 0 Å². The molecule has 2 atom stereocenters. The second-order valence-corrected chi connectivity index (χ2v) is 5.62. The summed E-state index contributed by atoms with van der Waals surface area (Å²) in [7, 11) is 0. The molecule has 2 fully saturated rings. The number of fused-ring (bicyclic) bond motifs is 2. The van der Waals surface area contributed by atoms with E-state index in [1.807, 2.05) is 0 Å². The van der Waals surface area contributed by atoms with Gasteiger partial charge < -0.3 is 4.84 Å². The zero-order valence-electron chi connectivity index (χ0n) is 10.0. The Bertz CT molecular complexity index is 306. The highest BCUT2D eigenvalue weighted by Crippen LogP contribution is 2.63. The Morgan fingerprint density at radius 2 is 2.27 bits per heavy atom. The molecule has 0 aromatic carbocycles. The monoisotopic (exact) mass is 207 g/mol. The van der Waals surface area contributed by atoms with Crippen LogP contribution in [0.4, 0.5) is 0 Å². The van der Waals surface area contributed by atoms with Gasteiger partial charge in [-0.2, -0.15) is 0 Å². The minimum Gasteiger partial charge on any atom is -0.392 e. The molecule has 0 aromatic heterocycles. The SMILES string of the molecule is C=CCO/N=C1\C[C@H]2CC[C@]1(C)C2(C)C. The third-order valence-electron chi connectivity index (χ3n) is 4.88. The summed E-state index contributed by atoms with van der Waals surface area (Å²) in [4.78, 5) is 5.25. The van der Waals surface area contributed by atoms with Crippen LogP contribution in [0.3, 0.4) is 0 Å². The van der Waals surface area contributed by atoms with E-state index in [9.17, 15) is 0 Å². The molecular formula is C13H21NO. The van der Waals surface area contributed by atoms with Crippen LogP contribution in [0, 0.1) is 16.7 Å². The van der Waals surface area contributed by atoms with Gasteiger partial charge >= 0.3 is 0 Å². The van der Waals surface area contributed by atoms with E-state index in [0.717, 1.165) is 12.3 Å². The zero-order chi connectivity index (χ0) is 11.1. The summed E-state index contributed by atoms with van der Waals surface area (Å²) < 4.78 is 0. The lowest BCUT2D eigenvalue weighted by atomic mass is 9.70. The standard InChI is InChI=1S/C13H21NO/c1-5-8-15-14-11-9-10-6-7-13(11,4)12(10,2)3/h5,10H,1,6-9H2,2-4H3/b14-11+/t10-,13+/m1/s1. The summed E-state index contributed by atoms with van der Waals surface area (Å²) >= 11 is 0. The molecule has 2 bridgehead atoms. The van der Waals surface area contributed by atoms with Crippen molar-refractivity contribution < 1.29 is 4.84 Å². The maximum Gasteiger partial charge on any atom is 0.135 e. The molecule has 15 heavy (non-hydrogen) atoms. The number of nitrogens with zero attached hydrogens (tertiary/aromatic N) is 1. The highest BCUT2D eigenvalue weighted by Gasteiger charge is 2.60. The number of hydrogen-bond acceptors (Lipinski definition) is 2. The van der Waals surface area contributed by atoms with E-state index in [2.05, 4.69) is 32.5 Å². The van der Waals surface area contributed by atoms with Crippen molar-refractivity contribution in [2.75, 3.05) is 6.61 Å². The zero-order valence-corrected chi connectivity index (χ0v) is 10.0. The van der Waals surface area contributed by atoms with E-state index in [4.69, 9.17) is 4.84 Å². The van der Waals surface area contributed by atoms with E-state index in [1.54, 1.807) is 6.08 Å². The number of hydrogen-bond donors (Lipinski definition) is 0. The maximum absolute atomic E-state index is 5.25. The summed E-state index contributed by atoms with van der Waals surface area (Å²) in [5, 5.41) is 4.31. The fourth-order valence-electron chi connectivity index (χ4n) is 3.23. The minimum absolute atomic E-state index is 0.263. The fourth-order valence-corrected chi connectivity index (χ4v) is 3.23. The first-order valence-corrected chi connectivity index (χ1v) is 5.82. The summed E-state index contributed by atoms with van der Waals surface area (Å²) in [6, 6.07) is 0. The molecule has 0 saturated heterocycles. The van der Waals surface area contributed by atoms with Crippen molar-refractivity contribution in [2.45, 2.75) is 40.0 Å². The Labute approximate surface area is 92.4 Å². The molecule has 0 N–H and O–H groups in total. The van der Waals surface area contributed by atoms with Gasteiger partial charge in [0.1, 0.15) is 6.61 Å². The summed E-state index contributed by atoms with van der Waals surface area (Å²) in [5.41, 5.74) is 1.92. The van der Waals surface area contributed by atoms with Crippen LogP contribution >= 0.6 is 0 Å². The lowest BCUT2D eigenvalue weighted by Gasteiger charge is -2.34. The molecular weight excluding hydrogens is 186 g/mol. The van der Waals surface area contributed by atoms with Crippen molar-refractivity contribution in [3.63, 3.8) is 0 Å². The van der Waals surface area contributed by atoms with Crippen molar-refractivity contribution in [1.82, 2.24) is 0 Å². The fraction of sp³-hybridized carbons (Fsp3) is 0.769. The molecule has 0 aromatic rings. The van der Waals surface area contributed by atoms with Gasteiger partial charge in [-0.15, -0.1) is 0 Å². The van der Waals surface area contributed by atoms with Gasteiger partial charge in [-0.1, -0.05) is 38.6 Å². The molecule has 2 aliphatic rings. The average molecular weight is 207 g/mol. The smallest absolute Gasteiger partial charge is 0.135 e. The molecule has 0 amide bonds. The Kier molecular flexibility index (Phi) is 2.40. The molecule has 2 saturated carbocycles. The number of rotatable bonds is 3. The van der Waals surface area contributed by atoms with E-state index >= 15 is 0 Å². The van der Waals surface area contributed by atoms with Gasteiger partial charge in [0.2, 0.25) is 0 Å². The summed E-state index contributed by atoms with van der Waals surface area (Å²) in [6.07, 6.45) is 5.48. The minimum atomic E-state index is 0.263. The second kappa shape index (κ2) is 3.36. The molecule has 0 aliphatic heterocycles. The number of oxime groups is 1. The van der Waals surface area contributed by atoms with Crippen molar-refractivity contribution in [1.29, 1.82) is 0 Å². The first-order valence-electron chi connectivity index (χ1n) is 5.82. The van der Waals surface area contributed by atoms with Crippen LogP contribution < -0.4 is 0 Å². The van der Waals surface area contributed by atoms with Gasteiger partial charge in [0, 0.05) is 5.41 Å².